The first kappa shape index (κ1) is 25.4. The number of benzene rings is 1. The molecule has 5 rings (SSSR count). The minimum Gasteiger partial charge on any atom is -0.380 e. The molecule has 0 bridgehead atoms. The van der Waals surface area contributed by atoms with Gasteiger partial charge in [0, 0.05) is 69.6 Å². The number of aliphatic hydroxyl groups is 1. The fraction of sp³-hybridized carbons (Fsp3) is 0.500. The van der Waals surface area contributed by atoms with Crippen LogP contribution in [0.15, 0.2) is 47.2 Å². The zero-order chi connectivity index (χ0) is 26.4. The van der Waals surface area contributed by atoms with Crippen molar-refractivity contribution in [1.29, 1.82) is 0 Å². The van der Waals surface area contributed by atoms with Gasteiger partial charge in [0.1, 0.15) is 5.60 Å². The summed E-state index contributed by atoms with van der Waals surface area (Å²) in [6.45, 7) is 12.1. The molecule has 1 atom stereocenters. The predicted octanol–water partition coefficient (Wildman–Crippen LogP) is 3.11. The second-order valence-electron chi connectivity index (χ2n) is 11.1. The zero-order valence-corrected chi connectivity index (χ0v) is 22.3. The van der Waals surface area contributed by atoms with Crippen LogP contribution < -0.4 is 4.90 Å². The van der Waals surface area contributed by atoms with E-state index in [0.717, 1.165) is 18.7 Å². The van der Waals surface area contributed by atoms with Crippen LogP contribution in [0.3, 0.4) is 0 Å². The lowest BCUT2D eigenvalue weighted by atomic mass is 9.62. The smallest absolute Gasteiger partial charge is 0.266 e. The third-order valence-corrected chi connectivity index (χ3v) is 7.93. The number of rotatable bonds is 6. The Morgan fingerprint density at radius 1 is 1.08 bits per heavy atom. The van der Waals surface area contributed by atoms with Gasteiger partial charge in [-0.05, 0) is 35.3 Å². The lowest BCUT2D eigenvalue weighted by Crippen LogP contribution is -2.63. The van der Waals surface area contributed by atoms with E-state index in [4.69, 9.17) is 4.52 Å². The first-order valence-corrected chi connectivity index (χ1v) is 12.9. The molecule has 3 aromatic rings. The Kier molecular flexibility index (Phi) is 6.53. The van der Waals surface area contributed by atoms with Crippen LogP contribution in [-0.4, -0.2) is 82.3 Å². The molecule has 2 aliphatic rings. The monoisotopic (exact) mass is 504 g/mol. The van der Waals surface area contributed by atoms with Crippen LogP contribution in [0.5, 0.6) is 0 Å². The van der Waals surface area contributed by atoms with Gasteiger partial charge in [0.05, 0.1) is 5.56 Å². The number of aromatic nitrogens is 3. The van der Waals surface area contributed by atoms with E-state index in [2.05, 4.69) is 60.0 Å². The highest BCUT2D eigenvalue weighted by molar-refractivity contribution is 5.73. The summed E-state index contributed by atoms with van der Waals surface area (Å²) >= 11 is 0. The normalized spacial score (nSPS) is 19.5. The van der Waals surface area contributed by atoms with Crippen molar-refractivity contribution in [3.8, 4) is 11.5 Å². The highest BCUT2D eigenvalue weighted by atomic mass is 16.5. The van der Waals surface area contributed by atoms with E-state index in [9.17, 15) is 9.90 Å². The second-order valence-corrected chi connectivity index (χ2v) is 11.1. The summed E-state index contributed by atoms with van der Waals surface area (Å²) in [5.74, 6) is 1.34. The third kappa shape index (κ3) is 4.51. The molecule has 1 N–H and O–H groups in total. The molecule has 0 aliphatic carbocycles. The van der Waals surface area contributed by atoms with Crippen LogP contribution in [0.2, 0.25) is 0 Å². The summed E-state index contributed by atoms with van der Waals surface area (Å²) in [4.78, 5) is 26.8. The highest BCUT2D eigenvalue weighted by Crippen LogP contribution is 2.50. The molecule has 9 heteroatoms. The van der Waals surface area contributed by atoms with Gasteiger partial charge in [0.2, 0.25) is 5.91 Å². The van der Waals surface area contributed by atoms with Crippen molar-refractivity contribution in [3.05, 3.63) is 59.4 Å². The maximum absolute atomic E-state index is 12.5. The van der Waals surface area contributed by atoms with Gasteiger partial charge in [0.25, 0.3) is 11.8 Å². The average molecular weight is 505 g/mol. The van der Waals surface area contributed by atoms with Gasteiger partial charge in [-0.2, -0.15) is 4.98 Å². The fourth-order valence-electron chi connectivity index (χ4n) is 5.78. The third-order valence-electron chi connectivity index (χ3n) is 7.93. The number of hydrogen-bond acceptors (Lipinski definition) is 8. The van der Waals surface area contributed by atoms with E-state index in [1.165, 1.54) is 5.56 Å². The Hall–Kier alpha value is -3.30. The van der Waals surface area contributed by atoms with Crippen LogP contribution in [0, 0.1) is 5.41 Å². The summed E-state index contributed by atoms with van der Waals surface area (Å²) < 4.78 is 5.62. The van der Waals surface area contributed by atoms with Crippen molar-refractivity contribution in [1.82, 2.24) is 24.9 Å². The largest absolute Gasteiger partial charge is 0.380 e. The lowest BCUT2D eigenvalue weighted by Gasteiger charge is -2.55. The van der Waals surface area contributed by atoms with Crippen molar-refractivity contribution >= 4 is 11.9 Å². The molecule has 4 heterocycles. The van der Waals surface area contributed by atoms with Crippen LogP contribution in [0.4, 0.5) is 5.95 Å². The van der Waals surface area contributed by atoms with Crippen LogP contribution in [-0.2, 0) is 10.4 Å². The van der Waals surface area contributed by atoms with E-state index in [-0.39, 0.29) is 5.91 Å². The fourth-order valence-corrected chi connectivity index (χ4v) is 5.78. The minimum atomic E-state index is -1.25. The number of carbonyl (C=O) groups excluding carboxylic acids is 1. The Balaban J connectivity index is 1.46. The number of anilines is 1. The number of pyridine rings is 1. The number of likely N-dealkylation sites (tertiary alicyclic amines) is 1. The molecule has 2 saturated heterocycles. The lowest BCUT2D eigenvalue weighted by molar-refractivity contribution is -0.129. The van der Waals surface area contributed by atoms with E-state index in [1.54, 1.807) is 19.3 Å². The molecule has 0 unspecified atom stereocenters. The Morgan fingerprint density at radius 2 is 1.76 bits per heavy atom. The van der Waals surface area contributed by atoms with E-state index in [0.29, 0.717) is 55.1 Å². The van der Waals surface area contributed by atoms with Crippen LogP contribution >= 0.6 is 0 Å². The van der Waals surface area contributed by atoms with Gasteiger partial charge in [-0.25, -0.2) is 0 Å². The molecule has 1 amide bonds. The molecule has 2 aliphatic heterocycles. The first-order chi connectivity index (χ1) is 17.6. The van der Waals surface area contributed by atoms with E-state index >= 15 is 0 Å². The molecule has 2 fully saturated rings. The highest BCUT2D eigenvalue weighted by Gasteiger charge is 2.55. The summed E-state index contributed by atoms with van der Waals surface area (Å²) in [6.07, 6.45) is 3.42. The molecule has 0 radical (unpaired) electrons. The standard InChI is InChI=1S/C28H36N6O3/c1-19(2)21-6-8-23(9-7-21)28(36,27(4)17-32(5)18-27)24-14-22(15-29-16-24)25-30-26(31-37-25)34-12-10-33(11-13-34)20(3)35/h6-9,14-16,19,36H,10-13,17-18H2,1-5H3/t28-/m0/s1. The van der Waals surface area contributed by atoms with Gasteiger partial charge in [-0.3, -0.25) is 9.78 Å². The summed E-state index contributed by atoms with van der Waals surface area (Å²) in [7, 11) is 2.06. The molecule has 0 spiro atoms. The average Bonchev–Trinajstić information content (AvgIpc) is 3.38. The molecule has 196 valence electrons. The van der Waals surface area contributed by atoms with Gasteiger partial charge < -0.3 is 24.3 Å². The van der Waals surface area contributed by atoms with Gasteiger partial charge in [0.15, 0.2) is 0 Å². The summed E-state index contributed by atoms with van der Waals surface area (Å²) in [5.41, 5.74) is 1.80. The number of piperazine rings is 1. The second kappa shape index (κ2) is 9.54. The molecule has 37 heavy (non-hydrogen) atoms. The number of hydrogen-bond donors (Lipinski definition) is 1. The topological polar surface area (TPSA) is 98.8 Å². The summed E-state index contributed by atoms with van der Waals surface area (Å²) in [5, 5.41) is 16.6. The molecular formula is C28H36N6O3. The zero-order valence-electron chi connectivity index (χ0n) is 22.3. The quantitative estimate of drug-likeness (QED) is 0.547. The van der Waals surface area contributed by atoms with Crippen LogP contribution in [0.1, 0.15) is 50.3 Å². The predicted molar refractivity (Wildman–Crippen MR) is 141 cm³/mol. The maximum Gasteiger partial charge on any atom is 0.266 e. The first-order valence-electron chi connectivity index (χ1n) is 12.9. The van der Waals surface area contributed by atoms with Crippen molar-refractivity contribution < 1.29 is 14.4 Å². The molecule has 0 saturated carbocycles. The van der Waals surface area contributed by atoms with Crippen molar-refractivity contribution in [3.63, 3.8) is 0 Å². The van der Waals surface area contributed by atoms with Crippen molar-refractivity contribution in [2.45, 2.75) is 39.2 Å². The Bertz CT molecular complexity index is 1260. The molecular weight excluding hydrogens is 468 g/mol. The van der Waals surface area contributed by atoms with Gasteiger partial charge >= 0.3 is 0 Å². The van der Waals surface area contributed by atoms with Crippen molar-refractivity contribution in [2.24, 2.45) is 5.41 Å². The SMILES string of the molecule is CC(=O)N1CCN(c2noc(-c3cncc([C@@](O)(c4ccc(C(C)C)cc4)C4(C)CN(C)C4)c3)n2)CC1. The number of nitrogens with zero attached hydrogens (tertiary/aromatic N) is 6. The van der Waals surface area contributed by atoms with E-state index < -0.39 is 11.0 Å². The molecule has 9 nitrogen and oxygen atoms in total. The Labute approximate surface area is 218 Å². The van der Waals surface area contributed by atoms with Gasteiger partial charge in [-0.15, -0.1) is 0 Å². The molecule has 1 aromatic carbocycles. The number of amides is 1. The number of carbonyl (C=O) groups is 1. The van der Waals surface area contributed by atoms with Crippen LogP contribution in [0.25, 0.3) is 11.5 Å². The minimum absolute atomic E-state index is 0.0778. The summed E-state index contributed by atoms with van der Waals surface area (Å²) in [6, 6.07) is 10.2. The van der Waals surface area contributed by atoms with Gasteiger partial charge in [-0.1, -0.05) is 45.0 Å². The maximum atomic E-state index is 12.5. The van der Waals surface area contributed by atoms with E-state index in [1.807, 2.05) is 28.0 Å². The Morgan fingerprint density at radius 3 is 2.35 bits per heavy atom. The molecule has 2 aromatic heterocycles. The van der Waals surface area contributed by atoms with Crippen molar-refractivity contribution in [2.75, 3.05) is 51.2 Å².